The Hall–Kier alpha value is -1.30. The molecule has 1 amide bonds. The van der Waals surface area contributed by atoms with Gasteiger partial charge in [-0.1, -0.05) is 0 Å². The molecular weight excluding hydrogens is 248 g/mol. The molecule has 0 N–H and O–H groups in total. The lowest BCUT2D eigenvalue weighted by Gasteiger charge is -2.26. The molecule has 3 rings (SSSR count). The van der Waals surface area contributed by atoms with Gasteiger partial charge in [-0.15, -0.1) is 10.2 Å². The summed E-state index contributed by atoms with van der Waals surface area (Å²) < 4.78 is 0. The highest BCUT2D eigenvalue weighted by Gasteiger charge is 2.41. The maximum Gasteiger partial charge on any atom is 0.274 e. The molecule has 2 fully saturated rings. The summed E-state index contributed by atoms with van der Waals surface area (Å²) in [4.78, 5) is 16.1. The van der Waals surface area contributed by atoms with Crippen LogP contribution in [0, 0.1) is 0 Å². The Morgan fingerprint density at radius 3 is 2.78 bits per heavy atom. The second kappa shape index (κ2) is 4.42. The summed E-state index contributed by atoms with van der Waals surface area (Å²) in [5.74, 6) is 1.87. The quantitative estimate of drug-likeness (QED) is 0.793. The van der Waals surface area contributed by atoms with Crippen molar-refractivity contribution in [2.24, 2.45) is 0 Å². The molecule has 2 atom stereocenters. The van der Waals surface area contributed by atoms with Gasteiger partial charge in [0.05, 0.1) is 0 Å². The van der Waals surface area contributed by atoms with Crippen molar-refractivity contribution in [3.8, 4) is 0 Å². The van der Waals surface area contributed by atoms with Crippen LogP contribution in [0.2, 0.25) is 0 Å². The smallest absolute Gasteiger partial charge is 0.274 e. The molecule has 1 aromatic heterocycles. The van der Waals surface area contributed by atoms with Gasteiger partial charge in [-0.05, 0) is 18.6 Å². The predicted octanol–water partition coefficient (Wildman–Crippen LogP) is 0.873. The number of carbonyl (C=O) groups is 1. The Kier molecular flexibility index (Phi) is 2.89. The van der Waals surface area contributed by atoms with Crippen molar-refractivity contribution in [1.29, 1.82) is 0 Å². The van der Waals surface area contributed by atoms with Crippen molar-refractivity contribution >= 4 is 23.5 Å². The van der Waals surface area contributed by atoms with E-state index in [9.17, 15) is 4.79 Å². The molecule has 0 unspecified atom stereocenters. The Labute approximate surface area is 111 Å². The molecule has 0 aliphatic carbocycles. The number of likely N-dealkylation sites (tertiary alicyclic amines) is 1. The molecule has 0 spiro atoms. The molecule has 0 aromatic carbocycles. The number of carbonyl (C=O) groups excluding carboxylic acids is 1. The molecule has 18 heavy (non-hydrogen) atoms. The van der Waals surface area contributed by atoms with E-state index in [0.29, 0.717) is 17.0 Å². The third kappa shape index (κ3) is 1.94. The fraction of sp³-hybridized carbons (Fsp3) is 0.583. The van der Waals surface area contributed by atoms with E-state index in [4.69, 9.17) is 0 Å². The minimum atomic E-state index is 0.0283. The van der Waals surface area contributed by atoms with Gasteiger partial charge in [0.1, 0.15) is 0 Å². The van der Waals surface area contributed by atoms with Crippen molar-refractivity contribution in [1.82, 2.24) is 15.1 Å². The molecular formula is C12H16N4OS. The fourth-order valence-corrected chi connectivity index (χ4v) is 3.91. The van der Waals surface area contributed by atoms with E-state index in [2.05, 4.69) is 10.2 Å². The van der Waals surface area contributed by atoms with Crippen LogP contribution in [0.25, 0.3) is 0 Å². The Morgan fingerprint density at radius 1 is 1.44 bits per heavy atom. The summed E-state index contributed by atoms with van der Waals surface area (Å²) in [6.07, 6.45) is 1.14. The van der Waals surface area contributed by atoms with Gasteiger partial charge in [-0.3, -0.25) is 4.79 Å². The molecule has 0 saturated carbocycles. The van der Waals surface area contributed by atoms with Gasteiger partial charge in [-0.25, -0.2) is 0 Å². The van der Waals surface area contributed by atoms with Crippen LogP contribution in [0.4, 0.5) is 5.82 Å². The predicted molar refractivity (Wildman–Crippen MR) is 72.0 cm³/mol. The third-order valence-corrected chi connectivity index (χ3v) is 4.88. The van der Waals surface area contributed by atoms with Gasteiger partial charge in [0.25, 0.3) is 5.91 Å². The van der Waals surface area contributed by atoms with E-state index in [1.807, 2.05) is 41.7 Å². The molecule has 2 aliphatic heterocycles. The monoisotopic (exact) mass is 264 g/mol. The third-order valence-electron chi connectivity index (χ3n) is 3.49. The molecule has 96 valence electrons. The van der Waals surface area contributed by atoms with Crippen LogP contribution in [0.3, 0.4) is 0 Å². The average Bonchev–Trinajstić information content (AvgIpc) is 3.00. The molecule has 5 nitrogen and oxygen atoms in total. The number of fused-ring (bicyclic) bond motifs is 2. The molecule has 2 bridgehead atoms. The molecule has 0 radical (unpaired) electrons. The molecule has 3 heterocycles. The summed E-state index contributed by atoms with van der Waals surface area (Å²) in [5.41, 5.74) is 0.457. The molecule has 6 heteroatoms. The maximum absolute atomic E-state index is 12.3. The highest BCUT2D eigenvalue weighted by Crippen LogP contribution is 2.37. The standard InChI is InChI=1S/C12H16N4OS/c1-15(2)11-4-3-10(13-14-11)12(17)16-6-9-5-8(16)7-18-9/h3-4,8-9H,5-7H2,1-2H3/t8-,9+/m0/s1. The highest BCUT2D eigenvalue weighted by molar-refractivity contribution is 8.00. The van der Waals surface area contributed by atoms with E-state index in [1.165, 1.54) is 0 Å². The first-order chi connectivity index (χ1) is 8.65. The van der Waals surface area contributed by atoms with E-state index in [1.54, 1.807) is 6.07 Å². The van der Waals surface area contributed by atoms with Gasteiger partial charge < -0.3 is 9.80 Å². The number of hydrogen-bond donors (Lipinski definition) is 0. The zero-order chi connectivity index (χ0) is 12.7. The summed E-state index contributed by atoms with van der Waals surface area (Å²) in [5, 5.41) is 8.73. The Morgan fingerprint density at radius 2 is 2.28 bits per heavy atom. The SMILES string of the molecule is CN(C)c1ccc(C(=O)N2C[C@H]3C[C@H]2CS3)nn1. The second-order valence-corrected chi connectivity index (χ2v) is 6.31. The minimum Gasteiger partial charge on any atom is -0.361 e. The lowest BCUT2D eigenvalue weighted by atomic mass is 10.2. The van der Waals surface area contributed by atoms with Crippen molar-refractivity contribution in [3.63, 3.8) is 0 Å². The van der Waals surface area contributed by atoms with Gasteiger partial charge in [-0.2, -0.15) is 11.8 Å². The summed E-state index contributed by atoms with van der Waals surface area (Å²) in [6.45, 7) is 0.866. The first-order valence-electron chi connectivity index (χ1n) is 6.09. The van der Waals surface area contributed by atoms with Crippen molar-refractivity contribution in [3.05, 3.63) is 17.8 Å². The zero-order valence-electron chi connectivity index (χ0n) is 10.5. The second-order valence-electron chi connectivity index (χ2n) is 4.97. The number of thioether (sulfide) groups is 1. The zero-order valence-corrected chi connectivity index (χ0v) is 11.4. The van der Waals surface area contributed by atoms with Crippen LogP contribution < -0.4 is 4.90 Å². The molecule has 2 saturated heterocycles. The Balaban J connectivity index is 1.76. The van der Waals surface area contributed by atoms with Gasteiger partial charge in [0, 0.05) is 37.7 Å². The first kappa shape index (κ1) is 11.8. The summed E-state index contributed by atoms with van der Waals surface area (Å²) in [6, 6.07) is 4.01. The topological polar surface area (TPSA) is 49.3 Å². The van der Waals surface area contributed by atoms with Crippen LogP contribution in [0.15, 0.2) is 12.1 Å². The van der Waals surface area contributed by atoms with Crippen LogP contribution in [0.5, 0.6) is 0 Å². The largest absolute Gasteiger partial charge is 0.361 e. The number of aromatic nitrogens is 2. The van der Waals surface area contributed by atoms with Gasteiger partial charge in [0.2, 0.25) is 0 Å². The number of anilines is 1. The lowest BCUT2D eigenvalue weighted by molar-refractivity contribution is 0.0740. The number of hydrogen-bond acceptors (Lipinski definition) is 5. The maximum atomic E-state index is 12.3. The number of amides is 1. The first-order valence-corrected chi connectivity index (χ1v) is 7.13. The van der Waals surface area contributed by atoms with Gasteiger partial charge >= 0.3 is 0 Å². The van der Waals surface area contributed by atoms with Crippen LogP contribution in [0.1, 0.15) is 16.9 Å². The highest BCUT2D eigenvalue weighted by atomic mass is 32.2. The fourth-order valence-electron chi connectivity index (χ4n) is 2.47. The van der Waals surface area contributed by atoms with E-state index in [0.717, 1.165) is 24.5 Å². The minimum absolute atomic E-state index is 0.0283. The Bertz CT molecular complexity index is 462. The normalized spacial score (nSPS) is 25.6. The van der Waals surface area contributed by atoms with E-state index >= 15 is 0 Å². The van der Waals surface area contributed by atoms with Crippen LogP contribution in [-0.4, -0.2) is 58.7 Å². The van der Waals surface area contributed by atoms with E-state index in [-0.39, 0.29) is 5.91 Å². The van der Waals surface area contributed by atoms with Crippen molar-refractivity contribution < 1.29 is 4.79 Å². The van der Waals surface area contributed by atoms with Crippen LogP contribution >= 0.6 is 11.8 Å². The van der Waals surface area contributed by atoms with Gasteiger partial charge in [0.15, 0.2) is 11.5 Å². The summed E-state index contributed by atoms with van der Waals surface area (Å²) in [7, 11) is 3.81. The average molecular weight is 264 g/mol. The van der Waals surface area contributed by atoms with E-state index < -0.39 is 0 Å². The van der Waals surface area contributed by atoms with Crippen molar-refractivity contribution in [2.75, 3.05) is 31.3 Å². The molecule has 2 aliphatic rings. The van der Waals surface area contributed by atoms with Crippen LogP contribution in [-0.2, 0) is 0 Å². The number of rotatable bonds is 2. The number of nitrogens with zero attached hydrogens (tertiary/aromatic N) is 4. The molecule has 1 aromatic rings. The summed E-state index contributed by atoms with van der Waals surface area (Å²) >= 11 is 1.98. The lowest BCUT2D eigenvalue weighted by Crippen LogP contribution is -2.39. The van der Waals surface area contributed by atoms with Crippen molar-refractivity contribution in [2.45, 2.75) is 17.7 Å².